The minimum absolute atomic E-state index is 0.0637. The summed E-state index contributed by atoms with van der Waals surface area (Å²) in [6.07, 6.45) is 8.35. The highest BCUT2D eigenvalue weighted by Crippen LogP contribution is 2.20. The van der Waals surface area contributed by atoms with Crippen molar-refractivity contribution >= 4 is 28.8 Å². The van der Waals surface area contributed by atoms with Crippen LogP contribution >= 0.6 is 11.3 Å². The average Bonchev–Trinajstić information content (AvgIpc) is 3.02. The maximum absolute atomic E-state index is 12.1. The van der Waals surface area contributed by atoms with Gasteiger partial charge in [-0.25, -0.2) is 0 Å². The Morgan fingerprint density at radius 3 is 2.96 bits per heavy atom. The molecule has 1 aliphatic rings. The Bertz CT molecular complexity index is 705. The highest BCUT2D eigenvalue weighted by atomic mass is 32.1. The third kappa shape index (κ3) is 4.04. The largest absolute Gasteiger partial charge is 0.352 e. The number of rotatable bonds is 7. The monoisotopic (exact) mass is 331 g/mol. The second-order valence-corrected chi connectivity index (χ2v) is 6.31. The van der Waals surface area contributed by atoms with Crippen LogP contribution in [-0.4, -0.2) is 32.6 Å². The summed E-state index contributed by atoms with van der Waals surface area (Å²) in [5.74, 6) is -0.286. The first-order chi connectivity index (χ1) is 11.2. The molecule has 0 spiro atoms. The molecule has 0 aliphatic heterocycles. The molecule has 0 saturated heterocycles. The highest BCUT2D eigenvalue weighted by Gasteiger charge is 2.23. The zero-order chi connectivity index (χ0) is 16.2. The Morgan fingerprint density at radius 2 is 2.30 bits per heavy atom. The van der Waals surface area contributed by atoms with Crippen molar-refractivity contribution in [3.8, 4) is 0 Å². The Balaban J connectivity index is 1.70. The molecule has 1 fully saturated rings. The van der Waals surface area contributed by atoms with Gasteiger partial charge in [0.2, 0.25) is 5.91 Å². The molecule has 0 bridgehead atoms. The summed E-state index contributed by atoms with van der Waals surface area (Å²) in [6, 6.07) is 0.322. The van der Waals surface area contributed by atoms with E-state index in [2.05, 4.69) is 22.0 Å². The van der Waals surface area contributed by atoms with Gasteiger partial charge in [0, 0.05) is 23.3 Å². The number of carbonyl (C=O) groups is 2. The molecule has 0 radical (unpaired) electrons. The number of amides is 2. The summed E-state index contributed by atoms with van der Waals surface area (Å²) < 4.78 is 1.53. The molecule has 0 atom stereocenters. The number of nitrogens with zero attached hydrogens (tertiary/aromatic N) is 4. The predicted octanol–water partition coefficient (Wildman–Crippen LogP) is 1.34. The molecule has 2 heterocycles. The molecular weight excluding hydrogens is 314 g/mol. The molecule has 0 aromatic carbocycles. The van der Waals surface area contributed by atoms with Gasteiger partial charge in [-0.05, 0) is 18.9 Å². The van der Waals surface area contributed by atoms with Gasteiger partial charge in [-0.1, -0.05) is 6.58 Å². The van der Waals surface area contributed by atoms with E-state index in [0.29, 0.717) is 18.3 Å². The van der Waals surface area contributed by atoms with E-state index in [-0.39, 0.29) is 18.4 Å². The van der Waals surface area contributed by atoms with Crippen LogP contribution in [0.1, 0.15) is 17.7 Å². The minimum atomic E-state index is -0.222. The van der Waals surface area contributed by atoms with Crippen molar-refractivity contribution in [3.63, 3.8) is 0 Å². The summed E-state index contributed by atoms with van der Waals surface area (Å²) in [5, 5.41) is 7.07. The molecule has 3 rings (SSSR count). The quantitative estimate of drug-likeness (QED) is 0.776. The summed E-state index contributed by atoms with van der Waals surface area (Å²) in [6.45, 7) is 4.08. The fourth-order valence-corrected chi connectivity index (χ4v) is 2.69. The van der Waals surface area contributed by atoms with Gasteiger partial charge in [-0.2, -0.15) is 5.10 Å². The topological polar surface area (TPSA) is 80.1 Å². The molecule has 120 valence electrons. The first kappa shape index (κ1) is 15.4. The summed E-state index contributed by atoms with van der Waals surface area (Å²) in [7, 11) is 0. The van der Waals surface area contributed by atoms with E-state index in [0.717, 1.165) is 17.7 Å². The third-order valence-electron chi connectivity index (χ3n) is 3.42. The lowest BCUT2D eigenvalue weighted by Crippen LogP contribution is -2.29. The van der Waals surface area contributed by atoms with Crippen molar-refractivity contribution in [2.75, 3.05) is 4.90 Å². The minimum Gasteiger partial charge on any atom is -0.352 e. The fourth-order valence-electron chi connectivity index (χ4n) is 2.11. The number of hydrogen-bond acceptors (Lipinski definition) is 5. The maximum Gasteiger partial charge on any atom is 0.250 e. The molecular formula is C15H17N5O2S. The van der Waals surface area contributed by atoms with Crippen molar-refractivity contribution in [1.29, 1.82) is 0 Å². The molecule has 7 nitrogen and oxygen atoms in total. The maximum atomic E-state index is 12.1. The summed E-state index contributed by atoms with van der Waals surface area (Å²) >= 11 is 1.47. The molecule has 23 heavy (non-hydrogen) atoms. The van der Waals surface area contributed by atoms with Crippen LogP contribution in [0.3, 0.4) is 0 Å². The second kappa shape index (κ2) is 6.74. The summed E-state index contributed by atoms with van der Waals surface area (Å²) in [5.41, 5.74) is 2.35. The van der Waals surface area contributed by atoms with Gasteiger partial charge < -0.3 is 10.2 Å². The van der Waals surface area contributed by atoms with Crippen LogP contribution in [0.5, 0.6) is 0 Å². The average molecular weight is 331 g/mol. The molecule has 2 aromatic heterocycles. The van der Waals surface area contributed by atoms with Gasteiger partial charge >= 0.3 is 0 Å². The van der Waals surface area contributed by atoms with Gasteiger partial charge in [0.15, 0.2) is 0 Å². The second-order valence-electron chi connectivity index (χ2n) is 5.33. The SMILES string of the molecule is C=CC(=O)N(Cc1cncs1)c1cnn(CC(=O)NC2CC2)c1. The lowest BCUT2D eigenvalue weighted by atomic mass is 10.3. The Hall–Kier alpha value is -2.48. The van der Waals surface area contributed by atoms with Crippen molar-refractivity contribution in [1.82, 2.24) is 20.1 Å². The zero-order valence-corrected chi connectivity index (χ0v) is 13.3. The predicted molar refractivity (Wildman–Crippen MR) is 86.9 cm³/mol. The van der Waals surface area contributed by atoms with Crippen LogP contribution in [0.2, 0.25) is 0 Å². The number of thiazole rings is 1. The number of anilines is 1. The van der Waals surface area contributed by atoms with E-state index in [1.165, 1.54) is 22.1 Å². The van der Waals surface area contributed by atoms with E-state index >= 15 is 0 Å². The van der Waals surface area contributed by atoms with E-state index in [9.17, 15) is 9.59 Å². The lowest BCUT2D eigenvalue weighted by Gasteiger charge is -2.18. The first-order valence-electron chi connectivity index (χ1n) is 7.29. The number of hydrogen-bond donors (Lipinski definition) is 1. The number of nitrogens with one attached hydrogen (secondary N) is 1. The van der Waals surface area contributed by atoms with E-state index in [4.69, 9.17) is 0 Å². The number of carbonyl (C=O) groups excluding carboxylic acids is 2. The van der Waals surface area contributed by atoms with E-state index in [1.807, 2.05) is 0 Å². The van der Waals surface area contributed by atoms with Gasteiger partial charge in [-0.3, -0.25) is 19.3 Å². The zero-order valence-electron chi connectivity index (χ0n) is 12.5. The van der Waals surface area contributed by atoms with Crippen LogP contribution in [0.4, 0.5) is 5.69 Å². The van der Waals surface area contributed by atoms with Crippen LogP contribution < -0.4 is 10.2 Å². The van der Waals surface area contributed by atoms with E-state index < -0.39 is 0 Å². The molecule has 0 unspecified atom stereocenters. The Kier molecular flexibility index (Phi) is 4.52. The molecule has 1 aliphatic carbocycles. The van der Waals surface area contributed by atoms with Gasteiger partial charge in [0.05, 0.1) is 23.9 Å². The summed E-state index contributed by atoms with van der Waals surface area (Å²) in [4.78, 5) is 30.4. The van der Waals surface area contributed by atoms with Crippen LogP contribution in [-0.2, 0) is 22.7 Å². The van der Waals surface area contributed by atoms with Gasteiger partial charge in [0.1, 0.15) is 6.54 Å². The van der Waals surface area contributed by atoms with Crippen molar-refractivity contribution in [2.24, 2.45) is 0 Å². The normalized spacial score (nSPS) is 13.6. The van der Waals surface area contributed by atoms with E-state index in [1.54, 1.807) is 29.0 Å². The van der Waals surface area contributed by atoms with Crippen molar-refractivity contribution in [2.45, 2.75) is 32.0 Å². The smallest absolute Gasteiger partial charge is 0.250 e. The molecule has 1 N–H and O–H groups in total. The molecule has 8 heteroatoms. The standard InChI is InChI=1S/C15H17N5O2S/c1-2-15(22)20(8-13-6-16-10-23-13)12-5-17-19(7-12)9-14(21)18-11-3-4-11/h2,5-7,10-11H,1,3-4,8-9H2,(H,18,21). The fraction of sp³-hybridized carbons (Fsp3) is 0.333. The van der Waals surface area contributed by atoms with Crippen LogP contribution in [0.15, 0.2) is 36.8 Å². The van der Waals surface area contributed by atoms with Gasteiger partial charge in [-0.15, -0.1) is 11.3 Å². The first-order valence-corrected chi connectivity index (χ1v) is 8.17. The van der Waals surface area contributed by atoms with Crippen molar-refractivity contribution < 1.29 is 9.59 Å². The third-order valence-corrected chi connectivity index (χ3v) is 4.18. The van der Waals surface area contributed by atoms with Crippen LogP contribution in [0.25, 0.3) is 0 Å². The molecule has 2 aromatic rings. The Morgan fingerprint density at radius 1 is 1.48 bits per heavy atom. The van der Waals surface area contributed by atoms with Crippen molar-refractivity contribution in [3.05, 3.63) is 41.6 Å². The molecule has 2 amide bonds. The lowest BCUT2D eigenvalue weighted by molar-refractivity contribution is -0.122. The highest BCUT2D eigenvalue weighted by molar-refractivity contribution is 7.09. The number of aromatic nitrogens is 3. The van der Waals surface area contributed by atoms with Gasteiger partial charge in [0.25, 0.3) is 5.91 Å². The molecule has 1 saturated carbocycles. The van der Waals surface area contributed by atoms with Crippen LogP contribution in [0, 0.1) is 0 Å². The Labute approximate surface area is 137 Å².